The van der Waals surface area contributed by atoms with E-state index in [2.05, 4.69) is 31.5 Å². The number of pyridine rings is 2. The third kappa shape index (κ3) is 5.06. The Hall–Kier alpha value is -3.28. The largest absolute Gasteiger partial charge is 0.439 e. The van der Waals surface area contributed by atoms with Gasteiger partial charge in [0.2, 0.25) is 11.8 Å². The van der Waals surface area contributed by atoms with E-state index in [-0.39, 0.29) is 18.0 Å². The molecule has 2 aliphatic rings. The van der Waals surface area contributed by atoms with Crippen molar-refractivity contribution in [2.45, 2.75) is 51.3 Å². The number of anilines is 1. The van der Waals surface area contributed by atoms with E-state index in [4.69, 9.17) is 35.6 Å². The highest BCUT2D eigenvalue weighted by Gasteiger charge is 2.35. The summed E-state index contributed by atoms with van der Waals surface area (Å²) in [7, 11) is 3.75. The molecule has 0 spiro atoms. The second kappa shape index (κ2) is 10.7. The van der Waals surface area contributed by atoms with E-state index in [0.717, 1.165) is 47.8 Å². The number of hydrogen-bond donors (Lipinski definition) is 1. The van der Waals surface area contributed by atoms with Crippen LogP contribution >= 0.6 is 11.6 Å². The van der Waals surface area contributed by atoms with Crippen LogP contribution in [0.1, 0.15) is 32.6 Å². The fourth-order valence-electron chi connectivity index (χ4n) is 5.82. The first-order valence-electron chi connectivity index (χ1n) is 13.3. The molecule has 4 aromatic heterocycles. The zero-order valence-electron chi connectivity index (χ0n) is 22.3. The third-order valence-corrected chi connectivity index (χ3v) is 8.26. The average molecular weight is 554 g/mol. The molecule has 0 radical (unpaired) electrons. The minimum Gasteiger partial charge on any atom is -0.377 e. The van der Waals surface area contributed by atoms with Gasteiger partial charge in [-0.05, 0) is 36.8 Å². The number of fused-ring (bicyclic) bond motifs is 1. The predicted octanol–water partition coefficient (Wildman–Crippen LogP) is 4.17. The fourth-order valence-corrected chi connectivity index (χ4v) is 5.99. The first kappa shape index (κ1) is 26.0. The Balaban J connectivity index is 1.56. The lowest BCUT2D eigenvalue weighted by molar-refractivity contribution is 0.0770. The Kier molecular flexibility index (Phi) is 7.13. The summed E-state index contributed by atoms with van der Waals surface area (Å²) in [5, 5.41) is 4.37. The minimum absolute atomic E-state index is 0.00699. The van der Waals surface area contributed by atoms with Gasteiger partial charge in [0, 0.05) is 38.7 Å². The van der Waals surface area contributed by atoms with Crippen LogP contribution in [0.2, 0.25) is 5.02 Å². The van der Waals surface area contributed by atoms with E-state index in [1.165, 1.54) is 12.8 Å². The molecule has 2 atom stereocenters. The predicted molar refractivity (Wildman–Crippen MR) is 147 cm³/mol. The van der Waals surface area contributed by atoms with Gasteiger partial charge in [-0.3, -0.25) is 14.5 Å². The van der Waals surface area contributed by atoms with Gasteiger partial charge in [0.05, 0.1) is 41.0 Å². The average Bonchev–Trinajstić information content (AvgIpc) is 3.68. The zero-order chi connectivity index (χ0) is 27.1. The number of methoxy groups -OCH3 is 1. The summed E-state index contributed by atoms with van der Waals surface area (Å²) < 4.78 is 18.6. The Bertz CT molecular complexity index is 1520. The van der Waals surface area contributed by atoms with Crippen molar-refractivity contribution in [3.63, 3.8) is 0 Å². The molecule has 12 heteroatoms. The van der Waals surface area contributed by atoms with Crippen molar-refractivity contribution in [3.8, 4) is 22.8 Å². The first-order valence-corrected chi connectivity index (χ1v) is 13.7. The van der Waals surface area contributed by atoms with Crippen molar-refractivity contribution < 1.29 is 14.0 Å². The summed E-state index contributed by atoms with van der Waals surface area (Å²) in [6.07, 6.45) is 8.02. The SMILES string of the molecule is CO[C@@H]1COC[C@H]1N(C)c1nc2cc(-c3noc(=O)[nH]3)nc(-c3cncc(Cl)c3)c2n1C[C@H]1CC[C@H](C)CC1. The molecule has 4 aromatic rings. The maximum atomic E-state index is 11.7. The molecule has 1 N–H and O–H groups in total. The van der Waals surface area contributed by atoms with Gasteiger partial charge in [-0.1, -0.05) is 36.5 Å². The Morgan fingerprint density at radius 3 is 2.72 bits per heavy atom. The smallest absolute Gasteiger partial charge is 0.377 e. The molecule has 0 aromatic carbocycles. The highest BCUT2D eigenvalue weighted by molar-refractivity contribution is 6.30. The molecule has 0 unspecified atom stereocenters. The van der Waals surface area contributed by atoms with E-state index >= 15 is 0 Å². The molecule has 1 aliphatic carbocycles. The summed E-state index contributed by atoms with van der Waals surface area (Å²) in [6.45, 7) is 4.22. The van der Waals surface area contributed by atoms with Crippen molar-refractivity contribution in [3.05, 3.63) is 40.1 Å². The summed E-state index contributed by atoms with van der Waals surface area (Å²) in [5.74, 6) is 1.66. The molecular weight excluding hydrogens is 522 g/mol. The van der Waals surface area contributed by atoms with Gasteiger partial charge < -0.3 is 18.9 Å². The molecule has 1 saturated carbocycles. The fraction of sp³-hybridized carbons (Fsp3) is 0.519. The van der Waals surface area contributed by atoms with E-state index in [0.29, 0.717) is 35.5 Å². The number of nitrogens with zero attached hydrogens (tertiary/aromatic N) is 6. The number of imidazole rings is 1. The number of ether oxygens (including phenoxy) is 2. The summed E-state index contributed by atoms with van der Waals surface area (Å²) in [6, 6.07) is 3.67. The van der Waals surface area contributed by atoms with Gasteiger partial charge in [0.1, 0.15) is 11.8 Å². The van der Waals surface area contributed by atoms with Crippen LogP contribution in [0, 0.1) is 11.8 Å². The molecule has 0 bridgehead atoms. The number of rotatable bonds is 7. The maximum Gasteiger partial charge on any atom is 0.439 e. The third-order valence-electron chi connectivity index (χ3n) is 8.06. The standard InChI is InChI=1S/C27H32ClN7O4/c1-15-4-6-16(7-5-15)12-35-24-19(31-26(35)34(2)21-13-38-14-22(21)37-3)9-20(25-32-27(36)39-33-25)30-23(24)17-8-18(28)11-29-10-17/h8-11,15-16,21-22H,4-7,12-14H2,1-3H3,(H,32,33,36)/t15-,16-,21-,22-/m1/s1. The van der Waals surface area contributed by atoms with E-state index in [9.17, 15) is 4.79 Å². The van der Waals surface area contributed by atoms with Crippen LogP contribution in [0.4, 0.5) is 5.95 Å². The zero-order valence-corrected chi connectivity index (χ0v) is 23.0. The Morgan fingerprint density at radius 2 is 2.00 bits per heavy atom. The van der Waals surface area contributed by atoms with Crippen LogP contribution in [0.25, 0.3) is 33.8 Å². The van der Waals surface area contributed by atoms with Crippen LogP contribution in [-0.4, -0.2) is 69.2 Å². The molecule has 0 amide bonds. The number of halogens is 1. The number of nitrogens with one attached hydrogen (secondary N) is 1. The highest BCUT2D eigenvalue weighted by atomic mass is 35.5. The monoisotopic (exact) mass is 553 g/mol. The summed E-state index contributed by atoms with van der Waals surface area (Å²) in [5.41, 5.74) is 3.43. The van der Waals surface area contributed by atoms with Crippen LogP contribution in [-0.2, 0) is 16.0 Å². The van der Waals surface area contributed by atoms with Crippen molar-refractivity contribution in [1.29, 1.82) is 0 Å². The number of H-pyrrole nitrogens is 1. The second-order valence-corrected chi connectivity index (χ2v) is 11.1. The van der Waals surface area contributed by atoms with Gasteiger partial charge in [0.15, 0.2) is 0 Å². The van der Waals surface area contributed by atoms with Crippen molar-refractivity contribution in [2.75, 3.05) is 32.3 Å². The number of hydrogen-bond acceptors (Lipinski definition) is 9. The quantitative estimate of drug-likeness (QED) is 0.359. The van der Waals surface area contributed by atoms with E-state index in [1.807, 2.05) is 19.2 Å². The van der Waals surface area contributed by atoms with E-state index in [1.54, 1.807) is 19.5 Å². The number of likely N-dealkylation sites (N-methyl/N-ethyl adjacent to an activating group) is 1. The number of aromatic nitrogens is 6. The van der Waals surface area contributed by atoms with Crippen LogP contribution in [0.15, 0.2) is 33.8 Å². The van der Waals surface area contributed by atoms with Gasteiger partial charge >= 0.3 is 5.76 Å². The Labute approximate surface area is 230 Å². The van der Waals surface area contributed by atoms with E-state index < -0.39 is 5.76 Å². The molecule has 2 fully saturated rings. The first-order chi connectivity index (χ1) is 18.9. The van der Waals surface area contributed by atoms with Gasteiger partial charge in [0.25, 0.3) is 0 Å². The highest BCUT2D eigenvalue weighted by Crippen LogP contribution is 2.37. The van der Waals surface area contributed by atoms with Crippen molar-refractivity contribution in [2.24, 2.45) is 11.8 Å². The van der Waals surface area contributed by atoms with Crippen LogP contribution < -0.4 is 10.7 Å². The lowest BCUT2D eigenvalue weighted by Crippen LogP contribution is -2.43. The molecular formula is C27H32ClN7O4. The second-order valence-electron chi connectivity index (χ2n) is 10.7. The van der Waals surface area contributed by atoms with Crippen LogP contribution in [0.5, 0.6) is 0 Å². The normalized spacial score (nSPS) is 23.5. The minimum atomic E-state index is -0.651. The van der Waals surface area contributed by atoms with Gasteiger partial charge in [-0.2, -0.15) is 0 Å². The van der Waals surface area contributed by atoms with Gasteiger partial charge in [-0.25, -0.2) is 14.8 Å². The summed E-state index contributed by atoms with van der Waals surface area (Å²) in [4.78, 5) is 30.9. The molecule has 1 saturated heterocycles. The maximum absolute atomic E-state index is 11.7. The molecule has 206 valence electrons. The number of aromatic amines is 1. The van der Waals surface area contributed by atoms with Crippen molar-refractivity contribution >= 4 is 28.6 Å². The van der Waals surface area contributed by atoms with Crippen LogP contribution in [0.3, 0.4) is 0 Å². The van der Waals surface area contributed by atoms with Crippen molar-refractivity contribution in [1.82, 2.24) is 29.7 Å². The molecule has 39 heavy (non-hydrogen) atoms. The molecule has 1 aliphatic heterocycles. The summed E-state index contributed by atoms with van der Waals surface area (Å²) >= 11 is 6.37. The lowest BCUT2D eigenvalue weighted by Gasteiger charge is -2.31. The molecule has 11 nitrogen and oxygen atoms in total. The topological polar surface area (TPSA) is 124 Å². The molecule has 5 heterocycles. The lowest BCUT2D eigenvalue weighted by atomic mass is 9.83. The van der Waals surface area contributed by atoms with Gasteiger partial charge in [-0.15, -0.1) is 0 Å². The Morgan fingerprint density at radius 1 is 1.18 bits per heavy atom. The molecule has 6 rings (SSSR count).